The summed E-state index contributed by atoms with van der Waals surface area (Å²) < 4.78 is 33.0. The fraction of sp³-hybridized carbons (Fsp3) is 0.350. The van der Waals surface area contributed by atoms with Gasteiger partial charge in [-0.2, -0.15) is 0 Å². The van der Waals surface area contributed by atoms with Crippen molar-refractivity contribution in [2.75, 3.05) is 0 Å². The van der Waals surface area contributed by atoms with E-state index in [1.54, 1.807) is 24.3 Å². The molecule has 7 heteroatoms. The lowest BCUT2D eigenvalue weighted by molar-refractivity contribution is 0.205. The first kappa shape index (κ1) is 20.6. The number of benzene rings is 2. The van der Waals surface area contributed by atoms with E-state index in [1.165, 1.54) is 37.8 Å². The number of nitrogens with one attached hydrogen (secondary N) is 1. The van der Waals surface area contributed by atoms with Gasteiger partial charge in [0.25, 0.3) is 0 Å². The van der Waals surface area contributed by atoms with Crippen LogP contribution in [0, 0.1) is 11.6 Å². The van der Waals surface area contributed by atoms with Crippen molar-refractivity contribution in [2.45, 2.75) is 44.9 Å². The Balaban J connectivity index is 0.000000596. The minimum atomic E-state index is -1.33. The number of amides is 1. The first-order chi connectivity index (χ1) is 13.0. The molecule has 2 aromatic rings. The SMILES string of the molecule is Fc1ccccc1COc1ccc(CNC2CCCC2)cc1F.NC(=O)O. The highest BCUT2D eigenvalue weighted by Crippen LogP contribution is 2.22. The summed E-state index contributed by atoms with van der Waals surface area (Å²) in [4.78, 5) is 8.78. The third-order valence-corrected chi connectivity index (χ3v) is 4.29. The van der Waals surface area contributed by atoms with Crippen molar-refractivity contribution in [3.63, 3.8) is 0 Å². The lowest BCUT2D eigenvalue weighted by atomic mass is 10.2. The minimum absolute atomic E-state index is 0.0171. The van der Waals surface area contributed by atoms with Crippen molar-refractivity contribution >= 4 is 6.09 Å². The van der Waals surface area contributed by atoms with Crippen molar-refractivity contribution in [1.29, 1.82) is 0 Å². The topological polar surface area (TPSA) is 84.6 Å². The highest BCUT2D eigenvalue weighted by Gasteiger charge is 2.14. The molecule has 3 rings (SSSR count). The van der Waals surface area contributed by atoms with Crippen LogP contribution in [0.5, 0.6) is 5.75 Å². The fourth-order valence-electron chi connectivity index (χ4n) is 2.93. The Hall–Kier alpha value is -2.67. The Kier molecular flexibility index (Phi) is 8.00. The van der Waals surface area contributed by atoms with Gasteiger partial charge in [0, 0.05) is 18.2 Å². The van der Waals surface area contributed by atoms with E-state index in [1.807, 2.05) is 6.07 Å². The number of carbonyl (C=O) groups is 1. The summed E-state index contributed by atoms with van der Waals surface area (Å²) in [6, 6.07) is 11.8. The van der Waals surface area contributed by atoms with E-state index in [0.29, 0.717) is 18.2 Å². The molecular weight excluding hydrogens is 354 g/mol. The predicted molar refractivity (Wildman–Crippen MR) is 98.4 cm³/mol. The van der Waals surface area contributed by atoms with E-state index >= 15 is 0 Å². The van der Waals surface area contributed by atoms with Gasteiger partial charge >= 0.3 is 6.09 Å². The van der Waals surface area contributed by atoms with Crippen LogP contribution in [0.1, 0.15) is 36.8 Å². The molecule has 1 saturated carbocycles. The lowest BCUT2D eigenvalue weighted by Gasteiger charge is -2.13. The van der Waals surface area contributed by atoms with Crippen LogP contribution in [0.25, 0.3) is 0 Å². The maximum atomic E-state index is 14.1. The summed E-state index contributed by atoms with van der Waals surface area (Å²) in [6.07, 6.45) is 3.61. The summed E-state index contributed by atoms with van der Waals surface area (Å²) in [5.74, 6) is -0.602. The van der Waals surface area contributed by atoms with Gasteiger partial charge in [-0.25, -0.2) is 13.6 Å². The number of hydrogen-bond acceptors (Lipinski definition) is 3. The van der Waals surface area contributed by atoms with Gasteiger partial charge in [-0.1, -0.05) is 37.1 Å². The first-order valence-electron chi connectivity index (χ1n) is 8.82. The zero-order valence-electron chi connectivity index (χ0n) is 15.0. The molecule has 0 spiro atoms. The fourth-order valence-corrected chi connectivity index (χ4v) is 2.93. The average Bonchev–Trinajstić information content (AvgIpc) is 3.13. The van der Waals surface area contributed by atoms with Crippen LogP contribution in [0.2, 0.25) is 0 Å². The molecule has 2 aromatic carbocycles. The van der Waals surface area contributed by atoms with Crippen molar-refractivity contribution in [1.82, 2.24) is 5.32 Å². The Bertz CT molecular complexity index is 746. The molecule has 0 atom stereocenters. The minimum Gasteiger partial charge on any atom is -0.486 e. The van der Waals surface area contributed by atoms with Crippen LogP contribution in [0.3, 0.4) is 0 Å². The van der Waals surface area contributed by atoms with Crippen molar-refractivity contribution in [3.05, 3.63) is 65.2 Å². The van der Waals surface area contributed by atoms with Gasteiger partial charge in [0.15, 0.2) is 11.6 Å². The Morgan fingerprint density at radius 3 is 2.44 bits per heavy atom. The van der Waals surface area contributed by atoms with E-state index in [0.717, 1.165) is 5.56 Å². The van der Waals surface area contributed by atoms with Crippen molar-refractivity contribution in [3.8, 4) is 5.75 Å². The Morgan fingerprint density at radius 1 is 1.15 bits per heavy atom. The number of halogens is 2. The number of ether oxygens (including phenoxy) is 1. The standard InChI is InChI=1S/C19H21F2NO.CH3NO2/c20-17-8-4-1-5-15(17)13-23-19-10-9-14(11-18(19)21)12-22-16-6-2-3-7-16;2-1(3)4/h1,4-5,8-11,16,22H,2-3,6-7,12-13H2;2H2,(H,3,4). The molecule has 0 aromatic heterocycles. The largest absolute Gasteiger partial charge is 0.486 e. The van der Waals surface area contributed by atoms with Crippen LogP contribution in [-0.2, 0) is 13.2 Å². The van der Waals surface area contributed by atoms with Crippen molar-refractivity contribution in [2.24, 2.45) is 5.73 Å². The third kappa shape index (κ3) is 7.22. The number of carboxylic acid groups (broad SMARTS) is 1. The Morgan fingerprint density at radius 2 is 1.81 bits per heavy atom. The number of hydrogen-bond donors (Lipinski definition) is 3. The third-order valence-electron chi connectivity index (χ3n) is 4.29. The molecular formula is C20H24F2N2O3. The van der Waals surface area contributed by atoms with Gasteiger partial charge in [-0.3, -0.25) is 0 Å². The van der Waals surface area contributed by atoms with Crippen LogP contribution in [-0.4, -0.2) is 17.2 Å². The molecule has 0 heterocycles. The van der Waals surface area contributed by atoms with Gasteiger partial charge in [0.2, 0.25) is 0 Å². The summed E-state index contributed by atoms with van der Waals surface area (Å²) >= 11 is 0. The predicted octanol–water partition coefficient (Wildman–Crippen LogP) is 4.20. The van der Waals surface area contributed by atoms with E-state index in [4.69, 9.17) is 14.6 Å². The molecule has 4 N–H and O–H groups in total. The number of nitrogens with two attached hydrogens (primary N) is 1. The van der Waals surface area contributed by atoms with E-state index in [9.17, 15) is 8.78 Å². The molecule has 0 aliphatic heterocycles. The van der Waals surface area contributed by atoms with Crippen molar-refractivity contribution < 1.29 is 23.4 Å². The van der Waals surface area contributed by atoms with Gasteiger partial charge in [0.05, 0.1) is 0 Å². The molecule has 1 fully saturated rings. The van der Waals surface area contributed by atoms with Gasteiger partial charge in [-0.15, -0.1) is 0 Å². The highest BCUT2D eigenvalue weighted by molar-refractivity contribution is 5.61. The molecule has 0 saturated heterocycles. The smallest absolute Gasteiger partial charge is 0.402 e. The van der Waals surface area contributed by atoms with Crippen LogP contribution in [0.4, 0.5) is 13.6 Å². The van der Waals surface area contributed by atoms with Crippen LogP contribution in [0.15, 0.2) is 42.5 Å². The van der Waals surface area contributed by atoms with E-state index < -0.39 is 11.9 Å². The van der Waals surface area contributed by atoms with Gasteiger partial charge in [0.1, 0.15) is 12.4 Å². The molecule has 0 radical (unpaired) electrons. The maximum absolute atomic E-state index is 14.1. The molecule has 0 bridgehead atoms. The zero-order valence-corrected chi connectivity index (χ0v) is 15.0. The molecule has 0 unspecified atom stereocenters. The van der Waals surface area contributed by atoms with Crippen LogP contribution >= 0.6 is 0 Å². The number of rotatable bonds is 6. The second-order valence-electron chi connectivity index (χ2n) is 6.35. The lowest BCUT2D eigenvalue weighted by Crippen LogP contribution is -2.25. The Labute approximate surface area is 157 Å². The van der Waals surface area contributed by atoms with Gasteiger partial charge < -0.3 is 20.9 Å². The second-order valence-corrected chi connectivity index (χ2v) is 6.35. The summed E-state index contributed by atoms with van der Waals surface area (Å²) in [6.45, 7) is 0.679. The molecule has 27 heavy (non-hydrogen) atoms. The summed E-state index contributed by atoms with van der Waals surface area (Å²) in [5.41, 5.74) is 5.34. The highest BCUT2D eigenvalue weighted by atomic mass is 19.1. The molecule has 1 amide bonds. The molecule has 1 aliphatic carbocycles. The summed E-state index contributed by atoms with van der Waals surface area (Å²) in [5, 5.41) is 10.6. The number of primary amides is 1. The summed E-state index contributed by atoms with van der Waals surface area (Å²) in [7, 11) is 0. The van der Waals surface area contributed by atoms with Crippen LogP contribution < -0.4 is 15.8 Å². The molecule has 1 aliphatic rings. The first-order valence-corrected chi connectivity index (χ1v) is 8.82. The average molecular weight is 378 g/mol. The monoisotopic (exact) mass is 378 g/mol. The normalized spacial score (nSPS) is 13.7. The molecule has 146 valence electrons. The zero-order chi connectivity index (χ0) is 19.6. The van der Waals surface area contributed by atoms with E-state index in [-0.39, 0.29) is 18.2 Å². The maximum Gasteiger partial charge on any atom is 0.402 e. The van der Waals surface area contributed by atoms with E-state index in [2.05, 4.69) is 11.1 Å². The molecule has 5 nitrogen and oxygen atoms in total. The quantitative estimate of drug-likeness (QED) is 0.703. The van der Waals surface area contributed by atoms with Gasteiger partial charge in [-0.05, 0) is 36.6 Å². The second kappa shape index (κ2) is 10.5.